The van der Waals surface area contributed by atoms with Crippen LogP contribution in [0, 0.1) is 6.92 Å². The number of amides is 2. The molecule has 0 saturated carbocycles. The van der Waals surface area contributed by atoms with Gasteiger partial charge in [-0.05, 0) is 74.1 Å². The topological polar surface area (TPSA) is 104 Å². The number of rotatable bonds is 17. The number of halogens is 3. The Morgan fingerprint density at radius 1 is 1.14 bits per heavy atom. The van der Waals surface area contributed by atoms with E-state index in [1.54, 1.807) is 29.0 Å². The Balaban J connectivity index is 0.00000650. The fourth-order valence-electron chi connectivity index (χ4n) is 5.57. The molecule has 1 spiro atoms. The van der Waals surface area contributed by atoms with Gasteiger partial charge in [-0.3, -0.25) is 18.9 Å². The first-order valence-corrected chi connectivity index (χ1v) is 16.9. The van der Waals surface area contributed by atoms with Gasteiger partial charge in [-0.15, -0.1) is 13.2 Å². The van der Waals surface area contributed by atoms with E-state index in [4.69, 9.17) is 9.47 Å². The number of aryl methyl sites for hydroxylation is 2. The maximum Gasteiger partial charge on any atom is 0.416 e. The highest BCUT2D eigenvalue weighted by molar-refractivity contribution is 7.97. The number of amidine groups is 1. The van der Waals surface area contributed by atoms with Crippen LogP contribution in [0.25, 0.3) is 0 Å². The largest absolute Gasteiger partial charge is 0.493 e. The van der Waals surface area contributed by atoms with Crippen LogP contribution in [-0.4, -0.2) is 95.9 Å². The Morgan fingerprint density at radius 3 is 2.55 bits per heavy atom. The van der Waals surface area contributed by atoms with Gasteiger partial charge in [-0.25, -0.2) is 0 Å². The summed E-state index contributed by atoms with van der Waals surface area (Å²) < 4.78 is 54.1. The van der Waals surface area contributed by atoms with Crippen molar-refractivity contribution in [3.8, 4) is 5.75 Å². The average Bonchev–Trinajstić information content (AvgIpc) is 3.38. The molecule has 0 aliphatic carbocycles. The van der Waals surface area contributed by atoms with Crippen LogP contribution in [0.2, 0.25) is 0 Å². The van der Waals surface area contributed by atoms with Crippen molar-refractivity contribution in [1.82, 2.24) is 14.5 Å². The summed E-state index contributed by atoms with van der Waals surface area (Å²) in [7, 11) is 0. The van der Waals surface area contributed by atoms with Gasteiger partial charge >= 0.3 is 6.18 Å². The van der Waals surface area contributed by atoms with Crippen LogP contribution in [0.5, 0.6) is 5.75 Å². The van der Waals surface area contributed by atoms with Crippen LogP contribution < -0.4 is 10.1 Å². The minimum absolute atomic E-state index is 0. The van der Waals surface area contributed by atoms with Crippen LogP contribution in [0.15, 0.2) is 66.7 Å². The van der Waals surface area contributed by atoms with Crippen molar-refractivity contribution in [2.75, 3.05) is 58.4 Å². The smallest absolute Gasteiger partial charge is 0.416 e. The van der Waals surface area contributed by atoms with Crippen molar-refractivity contribution in [3.05, 3.63) is 89.5 Å². The van der Waals surface area contributed by atoms with Crippen molar-refractivity contribution in [3.63, 3.8) is 0 Å². The lowest BCUT2D eigenvalue weighted by Crippen LogP contribution is -2.47. The number of carbonyl (C=O) groups excluding carboxylic acids is 2. The molecule has 13 heteroatoms. The molecule has 2 N–H and O–H groups in total. The van der Waals surface area contributed by atoms with E-state index in [1.165, 1.54) is 6.07 Å². The molecule has 4 rings (SSSR count). The molecule has 268 valence electrons. The third-order valence-electron chi connectivity index (χ3n) is 8.26. The molecule has 2 aliphatic heterocycles. The number of ether oxygens (including phenoxy) is 2. The third kappa shape index (κ3) is 10.7. The minimum Gasteiger partial charge on any atom is -0.493 e. The number of hydrogen-bond donors (Lipinski definition) is 2. The second-order valence-electron chi connectivity index (χ2n) is 11.6. The predicted molar refractivity (Wildman–Crippen MR) is 188 cm³/mol. The number of hydrogen-bond acceptors (Lipinski definition) is 8. The summed E-state index contributed by atoms with van der Waals surface area (Å²) in [6, 6.07) is 9.04. The zero-order valence-electron chi connectivity index (χ0n) is 27.2. The lowest BCUT2D eigenvalue weighted by atomic mass is 9.89. The summed E-state index contributed by atoms with van der Waals surface area (Å²) in [5.41, 5.74) is 0.933. The van der Waals surface area contributed by atoms with Gasteiger partial charge in [-0.1, -0.05) is 37.6 Å². The Labute approximate surface area is 291 Å². The molecule has 49 heavy (non-hydrogen) atoms. The maximum atomic E-state index is 13.6. The average molecular weight is 705 g/mol. The molecule has 1 fully saturated rings. The molecule has 2 aromatic carbocycles. The number of aliphatic hydroxyl groups excluding tert-OH is 1. The van der Waals surface area contributed by atoms with E-state index in [-0.39, 0.29) is 56.1 Å². The number of carbonyl (C=O) groups is 2. The fraction of sp³-hybridized carbons (Fsp3) is 0.472. The summed E-state index contributed by atoms with van der Waals surface area (Å²) >= 11 is 1.67. The predicted octanol–water partition coefficient (Wildman–Crippen LogP) is 5.84. The monoisotopic (exact) mass is 704 g/mol. The molecule has 0 aromatic heterocycles. The number of alkyl halides is 3. The number of nitrogens with zero attached hydrogens (tertiary/aromatic N) is 3. The first kappa shape index (κ1) is 39.8. The van der Waals surface area contributed by atoms with Gasteiger partial charge in [0, 0.05) is 43.1 Å². The number of aliphatic hydroxyl groups is 1. The molecule has 2 amide bonds. The molecule has 2 aromatic rings. The molecule has 0 atom stereocenters. The van der Waals surface area contributed by atoms with Crippen LogP contribution >= 0.6 is 11.9 Å². The maximum absolute atomic E-state index is 13.6. The van der Waals surface area contributed by atoms with E-state index in [2.05, 4.69) is 27.8 Å². The van der Waals surface area contributed by atoms with Crippen molar-refractivity contribution >= 4 is 29.6 Å². The molecule has 9 nitrogen and oxygen atoms in total. The van der Waals surface area contributed by atoms with Gasteiger partial charge in [-0.2, -0.15) is 13.2 Å². The summed E-state index contributed by atoms with van der Waals surface area (Å²) in [4.78, 5) is 32.4. The van der Waals surface area contributed by atoms with E-state index in [1.807, 2.05) is 25.1 Å². The van der Waals surface area contributed by atoms with E-state index < -0.39 is 17.3 Å². The number of aliphatic imine (C=N–C) groups is 1. The van der Waals surface area contributed by atoms with E-state index in [9.17, 15) is 27.9 Å². The molecule has 2 heterocycles. The van der Waals surface area contributed by atoms with Crippen molar-refractivity contribution in [2.45, 2.75) is 51.7 Å². The molecule has 2 aliphatic rings. The Bertz CT molecular complexity index is 1490. The van der Waals surface area contributed by atoms with Crippen LogP contribution in [0.4, 0.5) is 13.2 Å². The van der Waals surface area contributed by atoms with Crippen LogP contribution in [0.3, 0.4) is 0 Å². The lowest BCUT2D eigenvalue weighted by molar-refractivity contribution is -0.137. The Morgan fingerprint density at radius 2 is 1.90 bits per heavy atom. The second-order valence-corrected chi connectivity index (χ2v) is 12.8. The molecule has 0 bridgehead atoms. The highest BCUT2D eigenvalue weighted by atomic mass is 32.2. The first-order valence-electron chi connectivity index (χ1n) is 15.9. The first-order chi connectivity index (χ1) is 23.0. The van der Waals surface area contributed by atoms with Gasteiger partial charge in [0.2, 0.25) is 0 Å². The Hall–Kier alpha value is -3.65. The van der Waals surface area contributed by atoms with Crippen molar-refractivity contribution in [2.24, 2.45) is 4.99 Å². The highest BCUT2D eigenvalue weighted by Gasteiger charge is 2.46. The zero-order chi connectivity index (χ0) is 34.7. The standard InChI is InChI=1S/C35H43F3N4O5S.CH4/c1-4-6-18-47-30-23-28(22-29(24-30)35(36,37)38)31-39-33(45)34(40-31)10-12-42(13-11-34)48-20-9-26-7-8-27(21-25(26)3)32(44)41(14-16-43)15-19-46-17-5-2;/h4-5,7-8,21-24,43H,1-2,6,9-20H2,3H3,(H,39,40,45);1H4. The quantitative estimate of drug-likeness (QED) is 0.121. The molecule has 0 radical (unpaired) electrons. The lowest BCUT2D eigenvalue weighted by Gasteiger charge is -2.34. The minimum atomic E-state index is -4.59. The van der Waals surface area contributed by atoms with Gasteiger partial charge < -0.3 is 24.8 Å². The number of benzene rings is 2. The fourth-order valence-corrected chi connectivity index (χ4v) is 6.58. The summed E-state index contributed by atoms with van der Waals surface area (Å²) in [5.74, 6) is 0.498. The van der Waals surface area contributed by atoms with E-state index in [0.29, 0.717) is 57.7 Å². The van der Waals surface area contributed by atoms with Gasteiger partial charge in [0.05, 0.1) is 32.0 Å². The SMILES string of the molecule is C.C=CCCOc1cc(C2=NC3(CCN(SCCc4ccc(C(=O)N(CCO)CCOCC=C)cc4C)CC3)C(=O)N2)cc(C(F)(F)F)c1. The van der Waals surface area contributed by atoms with Crippen molar-refractivity contribution in [1.29, 1.82) is 0 Å². The molecular weight excluding hydrogens is 657 g/mol. The normalized spacial score (nSPS) is 15.7. The summed E-state index contributed by atoms with van der Waals surface area (Å²) in [6.45, 7) is 11.7. The Kier molecular flexibility index (Phi) is 14.9. The summed E-state index contributed by atoms with van der Waals surface area (Å²) in [5, 5.41) is 12.1. The second kappa shape index (κ2) is 18.4. The van der Waals surface area contributed by atoms with Gasteiger partial charge in [0.1, 0.15) is 17.1 Å². The van der Waals surface area contributed by atoms with Crippen LogP contribution in [-0.2, 0) is 22.1 Å². The third-order valence-corrected chi connectivity index (χ3v) is 9.38. The molecule has 0 unspecified atom stereocenters. The molecule has 1 saturated heterocycles. The number of nitrogens with one attached hydrogen (secondary N) is 1. The van der Waals surface area contributed by atoms with E-state index in [0.717, 1.165) is 35.4 Å². The molecular formula is C36H47F3N4O5S. The van der Waals surface area contributed by atoms with Crippen molar-refractivity contribution < 1.29 is 37.3 Å². The zero-order valence-corrected chi connectivity index (χ0v) is 28.0. The summed E-state index contributed by atoms with van der Waals surface area (Å²) in [6.07, 6.45) is 0.808. The van der Waals surface area contributed by atoms with Gasteiger partial charge in [0.15, 0.2) is 0 Å². The van der Waals surface area contributed by atoms with E-state index >= 15 is 0 Å². The highest BCUT2D eigenvalue weighted by Crippen LogP contribution is 2.36. The van der Waals surface area contributed by atoms with Gasteiger partial charge in [0.25, 0.3) is 11.8 Å². The van der Waals surface area contributed by atoms with Crippen LogP contribution in [0.1, 0.15) is 59.3 Å². The number of piperidine rings is 1.